The molecule has 1 fully saturated rings. The van der Waals surface area contributed by atoms with Gasteiger partial charge in [0.1, 0.15) is 0 Å². The summed E-state index contributed by atoms with van der Waals surface area (Å²) in [7, 11) is 2.09. The summed E-state index contributed by atoms with van der Waals surface area (Å²) >= 11 is 0. The van der Waals surface area contributed by atoms with Crippen LogP contribution in [0, 0.1) is 0 Å². The zero-order valence-corrected chi connectivity index (χ0v) is 5.43. The molecule has 1 aliphatic heterocycles. The molecule has 2 N–H and O–H groups in total. The predicted molar refractivity (Wildman–Crippen MR) is 34.5 cm³/mol. The van der Waals surface area contributed by atoms with Gasteiger partial charge < -0.3 is 5.73 Å². The summed E-state index contributed by atoms with van der Waals surface area (Å²) in [6.45, 7) is 1.18. The molecule has 0 radical (unpaired) electrons. The highest BCUT2D eigenvalue weighted by atomic mass is 15.2. The first-order chi connectivity index (χ1) is 3.80. The minimum absolute atomic E-state index is 0.337. The highest BCUT2D eigenvalue weighted by Crippen LogP contribution is 2.09. The minimum Gasteiger partial charge on any atom is -0.316 e. The number of likely N-dealkylation sites (tertiary alicyclic amines) is 1. The summed E-state index contributed by atoms with van der Waals surface area (Å²) in [4.78, 5) is 2.21. The summed E-state index contributed by atoms with van der Waals surface area (Å²) in [5.74, 6) is 0. The molecule has 0 saturated carbocycles. The molecular weight excluding hydrogens is 100 g/mol. The molecule has 1 rings (SSSR count). The van der Waals surface area contributed by atoms with Crippen LogP contribution in [0.2, 0.25) is 0 Å². The molecule has 1 aliphatic rings. The molecule has 1 saturated heterocycles. The second-order valence-corrected chi connectivity index (χ2v) is 2.54. The summed E-state index contributed by atoms with van der Waals surface area (Å²) in [5.41, 5.74) is 5.70. The maximum atomic E-state index is 5.70. The largest absolute Gasteiger partial charge is 0.316 e. The summed E-state index contributed by atoms with van der Waals surface area (Å²) in [6, 6.07) is 0. The molecule has 8 heavy (non-hydrogen) atoms. The van der Waals surface area contributed by atoms with E-state index in [1.807, 2.05) is 0 Å². The van der Waals surface area contributed by atoms with Crippen molar-refractivity contribution in [3.63, 3.8) is 0 Å². The van der Waals surface area contributed by atoms with Crippen molar-refractivity contribution in [1.29, 1.82) is 0 Å². The molecule has 2 nitrogen and oxygen atoms in total. The van der Waals surface area contributed by atoms with Gasteiger partial charge in [-0.15, -0.1) is 0 Å². The normalized spacial score (nSPS) is 33.0. The fraction of sp³-hybridized carbons (Fsp3) is 1.00. The van der Waals surface area contributed by atoms with Crippen LogP contribution in [0.25, 0.3) is 0 Å². The smallest absolute Gasteiger partial charge is 0.0569 e. The van der Waals surface area contributed by atoms with E-state index in [1.54, 1.807) is 0 Å². The zero-order chi connectivity index (χ0) is 5.98. The maximum absolute atomic E-state index is 5.70. The molecule has 1 heterocycles. The van der Waals surface area contributed by atoms with E-state index in [-0.39, 0.29) is 0 Å². The van der Waals surface area contributed by atoms with Gasteiger partial charge in [-0.1, -0.05) is 0 Å². The zero-order valence-electron chi connectivity index (χ0n) is 5.43. The predicted octanol–water partition coefficient (Wildman–Crippen LogP) is 0.387. The molecule has 0 aliphatic carbocycles. The van der Waals surface area contributed by atoms with E-state index in [9.17, 15) is 0 Å². The molecule has 0 amide bonds. The first kappa shape index (κ1) is 6.05. The van der Waals surface area contributed by atoms with Gasteiger partial charge in [-0.25, -0.2) is 0 Å². The van der Waals surface area contributed by atoms with Gasteiger partial charge in [-0.2, -0.15) is 0 Å². The summed E-state index contributed by atoms with van der Waals surface area (Å²) < 4.78 is 0. The van der Waals surface area contributed by atoms with E-state index in [0.29, 0.717) is 6.17 Å². The molecule has 0 aromatic carbocycles. The van der Waals surface area contributed by atoms with Crippen molar-refractivity contribution >= 4 is 0 Å². The highest BCUT2D eigenvalue weighted by Gasteiger charge is 2.12. The molecule has 0 aromatic rings. The van der Waals surface area contributed by atoms with Crippen molar-refractivity contribution in [1.82, 2.24) is 4.90 Å². The Kier molecular flexibility index (Phi) is 1.86. The Bertz CT molecular complexity index is 62.9. The van der Waals surface area contributed by atoms with Crippen molar-refractivity contribution in [3.05, 3.63) is 0 Å². The fourth-order valence-corrected chi connectivity index (χ4v) is 1.10. The van der Waals surface area contributed by atoms with Crippen LogP contribution in [0.15, 0.2) is 0 Å². The van der Waals surface area contributed by atoms with Crippen molar-refractivity contribution in [2.24, 2.45) is 5.73 Å². The van der Waals surface area contributed by atoms with E-state index in [1.165, 1.54) is 25.8 Å². The van der Waals surface area contributed by atoms with E-state index < -0.39 is 0 Å². The van der Waals surface area contributed by atoms with Gasteiger partial charge in [-0.3, -0.25) is 4.90 Å². The molecule has 0 spiro atoms. The number of nitrogens with zero attached hydrogens (tertiary/aromatic N) is 1. The van der Waals surface area contributed by atoms with Crippen molar-refractivity contribution < 1.29 is 0 Å². The fourth-order valence-electron chi connectivity index (χ4n) is 1.10. The third-order valence-corrected chi connectivity index (χ3v) is 1.83. The summed E-state index contributed by atoms with van der Waals surface area (Å²) in [6.07, 6.45) is 4.15. The average Bonchev–Trinajstić information content (AvgIpc) is 1.77. The summed E-state index contributed by atoms with van der Waals surface area (Å²) in [5, 5.41) is 0. The van der Waals surface area contributed by atoms with Crippen LogP contribution in [0.3, 0.4) is 0 Å². The first-order valence-electron chi connectivity index (χ1n) is 3.26. The highest BCUT2D eigenvalue weighted by molar-refractivity contribution is 4.67. The van der Waals surface area contributed by atoms with E-state index in [4.69, 9.17) is 5.73 Å². The van der Waals surface area contributed by atoms with Gasteiger partial charge in [-0.05, 0) is 32.9 Å². The van der Waals surface area contributed by atoms with Gasteiger partial charge in [0.15, 0.2) is 0 Å². The first-order valence-corrected chi connectivity index (χ1v) is 3.26. The van der Waals surface area contributed by atoms with E-state index >= 15 is 0 Å². The second kappa shape index (κ2) is 2.46. The van der Waals surface area contributed by atoms with Crippen LogP contribution in [-0.4, -0.2) is 24.7 Å². The average molecular weight is 114 g/mol. The molecular formula is C6H14N2. The van der Waals surface area contributed by atoms with Gasteiger partial charge in [0.2, 0.25) is 0 Å². The Morgan fingerprint density at radius 1 is 1.50 bits per heavy atom. The van der Waals surface area contributed by atoms with E-state index in [0.717, 1.165) is 0 Å². The van der Waals surface area contributed by atoms with Crippen LogP contribution in [0.1, 0.15) is 19.3 Å². The SMILES string of the molecule is CN1CCCC[C@H]1N. The molecule has 1 atom stereocenters. The lowest BCUT2D eigenvalue weighted by Gasteiger charge is -2.28. The van der Waals surface area contributed by atoms with Crippen molar-refractivity contribution in [2.45, 2.75) is 25.4 Å². The van der Waals surface area contributed by atoms with Gasteiger partial charge >= 0.3 is 0 Å². The van der Waals surface area contributed by atoms with Crippen LogP contribution >= 0.6 is 0 Å². The van der Waals surface area contributed by atoms with Gasteiger partial charge in [0.05, 0.1) is 6.17 Å². The second-order valence-electron chi connectivity index (χ2n) is 2.54. The van der Waals surface area contributed by atoms with E-state index in [2.05, 4.69) is 11.9 Å². The number of piperidine rings is 1. The van der Waals surface area contributed by atoms with Crippen molar-refractivity contribution in [2.75, 3.05) is 13.6 Å². The van der Waals surface area contributed by atoms with Crippen LogP contribution in [0.4, 0.5) is 0 Å². The Hall–Kier alpha value is -0.0800. The lowest BCUT2D eigenvalue weighted by atomic mass is 10.1. The molecule has 48 valence electrons. The van der Waals surface area contributed by atoms with Crippen molar-refractivity contribution in [3.8, 4) is 0 Å². The minimum atomic E-state index is 0.337. The number of hydrogen-bond donors (Lipinski definition) is 1. The Balaban J connectivity index is 2.28. The molecule has 2 heteroatoms. The van der Waals surface area contributed by atoms with Gasteiger partial charge in [0, 0.05) is 0 Å². The molecule has 0 unspecified atom stereocenters. The number of rotatable bonds is 0. The van der Waals surface area contributed by atoms with Gasteiger partial charge in [0.25, 0.3) is 0 Å². The lowest BCUT2D eigenvalue weighted by Crippen LogP contribution is -2.42. The van der Waals surface area contributed by atoms with Crippen LogP contribution < -0.4 is 5.73 Å². The molecule has 0 bridgehead atoms. The Morgan fingerprint density at radius 2 is 2.25 bits per heavy atom. The Labute approximate surface area is 50.7 Å². The third kappa shape index (κ3) is 1.20. The number of hydrogen-bond acceptors (Lipinski definition) is 2. The quantitative estimate of drug-likeness (QED) is 0.493. The number of nitrogens with two attached hydrogens (primary N) is 1. The monoisotopic (exact) mass is 114 g/mol. The maximum Gasteiger partial charge on any atom is 0.0569 e. The van der Waals surface area contributed by atoms with Crippen LogP contribution in [-0.2, 0) is 0 Å². The third-order valence-electron chi connectivity index (χ3n) is 1.83. The Morgan fingerprint density at radius 3 is 2.62 bits per heavy atom. The standard InChI is InChI=1S/C6H14N2/c1-8-5-3-2-4-6(8)7/h6H,2-5,7H2,1H3/t6-/m0/s1. The topological polar surface area (TPSA) is 29.3 Å². The van der Waals surface area contributed by atoms with Crippen LogP contribution in [0.5, 0.6) is 0 Å². The molecule has 0 aromatic heterocycles. The lowest BCUT2D eigenvalue weighted by molar-refractivity contribution is 0.190.